The van der Waals surface area contributed by atoms with Crippen molar-refractivity contribution in [3.63, 3.8) is 0 Å². The summed E-state index contributed by atoms with van der Waals surface area (Å²) in [5, 5.41) is 2.01. The molecular formula is C8H19NO. The van der Waals surface area contributed by atoms with Crippen LogP contribution in [0.15, 0.2) is 0 Å². The van der Waals surface area contributed by atoms with Crippen molar-refractivity contribution >= 4 is 0 Å². The molecule has 2 nitrogen and oxygen atoms in total. The van der Waals surface area contributed by atoms with E-state index >= 15 is 0 Å². The first kappa shape index (κ1) is 9.92. The lowest BCUT2D eigenvalue weighted by atomic mass is 10.3. The number of hydroxylamine groups is 2. The third kappa shape index (κ3) is 3.18. The van der Waals surface area contributed by atoms with Crippen LogP contribution in [0.25, 0.3) is 0 Å². The monoisotopic (exact) mass is 145 g/mol. The van der Waals surface area contributed by atoms with Crippen molar-refractivity contribution in [2.75, 3.05) is 6.61 Å². The van der Waals surface area contributed by atoms with Crippen LogP contribution in [0, 0.1) is 0 Å². The zero-order valence-corrected chi connectivity index (χ0v) is 7.72. The van der Waals surface area contributed by atoms with E-state index in [2.05, 4.69) is 27.7 Å². The Bertz CT molecular complexity index is 73.3. The molecule has 10 heavy (non-hydrogen) atoms. The molecule has 0 unspecified atom stereocenters. The minimum atomic E-state index is 0.472. The molecular weight excluding hydrogens is 126 g/mol. The number of nitrogens with zero attached hydrogens (tertiary/aromatic N) is 1. The fourth-order valence-electron chi connectivity index (χ4n) is 1.04. The predicted octanol–water partition coefficient (Wildman–Crippen LogP) is 2.06. The molecule has 0 atom stereocenters. The first-order chi connectivity index (χ1) is 4.59. The SMILES string of the molecule is CCON(C(C)C)C(C)C. The molecule has 0 heterocycles. The molecule has 0 bridgehead atoms. The average molecular weight is 145 g/mol. The highest BCUT2D eigenvalue weighted by atomic mass is 16.7. The van der Waals surface area contributed by atoms with Gasteiger partial charge in [0, 0.05) is 12.1 Å². The molecule has 0 saturated heterocycles. The van der Waals surface area contributed by atoms with Gasteiger partial charge in [0.15, 0.2) is 0 Å². The molecule has 0 aliphatic rings. The molecule has 2 heteroatoms. The Kier molecular flexibility index (Phi) is 4.65. The maximum absolute atomic E-state index is 5.40. The van der Waals surface area contributed by atoms with Gasteiger partial charge in [-0.1, -0.05) is 0 Å². The maximum Gasteiger partial charge on any atom is 0.0657 e. The number of hydrogen-bond acceptors (Lipinski definition) is 2. The van der Waals surface area contributed by atoms with E-state index < -0.39 is 0 Å². The minimum Gasteiger partial charge on any atom is -0.299 e. The lowest BCUT2D eigenvalue weighted by Crippen LogP contribution is -2.36. The van der Waals surface area contributed by atoms with Crippen LogP contribution in [0.4, 0.5) is 0 Å². The van der Waals surface area contributed by atoms with Crippen molar-refractivity contribution in [2.24, 2.45) is 0 Å². The molecule has 0 aromatic carbocycles. The van der Waals surface area contributed by atoms with Crippen LogP contribution in [0.3, 0.4) is 0 Å². The van der Waals surface area contributed by atoms with Gasteiger partial charge in [-0.05, 0) is 34.6 Å². The second kappa shape index (κ2) is 4.69. The van der Waals surface area contributed by atoms with Crippen molar-refractivity contribution in [1.82, 2.24) is 5.06 Å². The Morgan fingerprint density at radius 1 is 1.10 bits per heavy atom. The molecule has 0 aliphatic heterocycles. The average Bonchev–Trinajstić information content (AvgIpc) is 1.81. The fraction of sp³-hybridized carbons (Fsp3) is 1.00. The highest BCUT2D eigenvalue weighted by molar-refractivity contribution is 4.56. The fourth-order valence-corrected chi connectivity index (χ4v) is 1.04. The Hall–Kier alpha value is -0.0800. The summed E-state index contributed by atoms with van der Waals surface area (Å²) in [6.45, 7) is 11.3. The quantitative estimate of drug-likeness (QED) is 0.561. The highest BCUT2D eigenvalue weighted by Crippen LogP contribution is 2.04. The van der Waals surface area contributed by atoms with Crippen LogP contribution in [0.2, 0.25) is 0 Å². The standard InChI is InChI=1S/C8H19NO/c1-6-10-9(7(2)3)8(4)5/h7-8H,6H2,1-5H3. The zero-order chi connectivity index (χ0) is 8.15. The second-order valence-electron chi connectivity index (χ2n) is 2.97. The Labute approximate surface area is 64.1 Å². The van der Waals surface area contributed by atoms with Crippen molar-refractivity contribution < 1.29 is 4.84 Å². The third-order valence-corrected chi connectivity index (χ3v) is 1.30. The topological polar surface area (TPSA) is 12.5 Å². The van der Waals surface area contributed by atoms with E-state index in [1.807, 2.05) is 12.0 Å². The van der Waals surface area contributed by atoms with Crippen LogP contribution >= 0.6 is 0 Å². The smallest absolute Gasteiger partial charge is 0.0657 e. The van der Waals surface area contributed by atoms with Gasteiger partial charge in [0.25, 0.3) is 0 Å². The van der Waals surface area contributed by atoms with Gasteiger partial charge in [0.05, 0.1) is 6.61 Å². The van der Waals surface area contributed by atoms with Gasteiger partial charge in [0.2, 0.25) is 0 Å². The molecule has 0 saturated carbocycles. The molecule has 0 N–H and O–H groups in total. The van der Waals surface area contributed by atoms with E-state index in [4.69, 9.17) is 4.84 Å². The van der Waals surface area contributed by atoms with Crippen LogP contribution in [-0.2, 0) is 4.84 Å². The first-order valence-electron chi connectivity index (χ1n) is 4.00. The van der Waals surface area contributed by atoms with Gasteiger partial charge in [0.1, 0.15) is 0 Å². The van der Waals surface area contributed by atoms with Crippen molar-refractivity contribution in [2.45, 2.75) is 46.7 Å². The van der Waals surface area contributed by atoms with Crippen molar-refractivity contribution in [3.05, 3.63) is 0 Å². The lowest BCUT2D eigenvalue weighted by molar-refractivity contribution is -0.195. The summed E-state index contributed by atoms with van der Waals surface area (Å²) in [7, 11) is 0. The van der Waals surface area contributed by atoms with Gasteiger partial charge in [-0.3, -0.25) is 4.84 Å². The normalized spacial score (nSPS) is 12.0. The zero-order valence-electron chi connectivity index (χ0n) is 7.72. The lowest BCUT2D eigenvalue weighted by Gasteiger charge is -2.28. The number of rotatable bonds is 4. The van der Waals surface area contributed by atoms with E-state index in [0.717, 1.165) is 6.61 Å². The largest absolute Gasteiger partial charge is 0.299 e. The Morgan fingerprint density at radius 2 is 1.50 bits per heavy atom. The van der Waals surface area contributed by atoms with Crippen LogP contribution in [-0.4, -0.2) is 23.8 Å². The summed E-state index contributed by atoms with van der Waals surface area (Å²) in [5.74, 6) is 0. The third-order valence-electron chi connectivity index (χ3n) is 1.30. The Balaban J connectivity index is 3.73. The summed E-state index contributed by atoms with van der Waals surface area (Å²) in [6.07, 6.45) is 0. The van der Waals surface area contributed by atoms with Crippen LogP contribution < -0.4 is 0 Å². The molecule has 0 amide bonds. The van der Waals surface area contributed by atoms with E-state index in [1.54, 1.807) is 0 Å². The molecule has 62 valence electrons. The molecule has 0 spiro atoms. The Morgan fingerprint density at radius 3 is 1.60 bits per heavy atom. The summed E-state index contributed by atoms with van der Waals surface area (Å²) in [5.41, 5.74) is 0. The minimum absolute atomic E-state index is 0.472. The second-order valence-corrected chi connectivity index (χ2v) is 2.97. The first-order valence-corrected chi connectivity index (χ1v) is 4.00. The van der Waals surface area contributed by atoms with E-state index in [9.17, 15) is 0 Å². The molecule has 0 rings (SSSR count). The van der Waals surface area contributed by atoms with Crippen molar-refractivity contribution in [1.29, 1.82) is 0 Å². The van der Waals surface area contributed by atoms with Crippen LogP contribution in [0.5, 0.6) is 0 Å². The molecule has 0 fully saturated rings. The van der Waals surface area contributed by atoms with Gasteiger partial charge in [-0.15, -0.1) is 0 Å². The van der Waals surface area contributed by atoms with Gasteiger partial charge in [-0.25, -0.2) is 0 Å². The maximum atomic E-state index is 5.40. The summed E-state index contributed by atoms with van der Waals surface area (Å²) in [6, 6.07) is 0.944. The van der Waals surface area contributed by atoms with E-state index in [1.165, 1.54) is 0 Å². The molecule has 0 radical (unpaired) electrons. The summed E-state index contributed by atoms with van der Waals surface area (Å²) >= 11 is 0. The molecule has 0 aromatic rings. The van der Waals surface area contributed by atoms with Crippen LogP contribution in [0.1, 0.15) is 34.6 Å². The number of hydrogen-bond donors (Lipinski definition) is 0. The van der Waals surface area contributed by atoms with Gasteiger partial charge < -0.3 is 0 Å². The van der Waals surface area contributed by atoms with Gasteiger partial charge >= 0.3 is 0 Å². The molecule has 0 aliphatic carbocycles. The summed E-state index contributed by atoms with van der Waals surface area (Å²) < 4.78 is 0. The van der Waals surface area contributed by atoms with E-state index in [0.29, 0.717) is 12.1 Å². The summed E-state index contributed by atoms with van der Waals surface area (Å²) in [4.78, 5) is 5.40. The highest BCUT2D eigenvalue weighted by Gasteiger charge is 2.12. The molecule has 0 aromatic heterocycles. The van der Waals surface area contributed by atoms with Gasteiger partial charge in [-0.2, -0.15) is 5.06 Å². The predicted molar refractivity (Wildman–Crippen MR) is 43.7 cm³/mol. The van der Waals surface area contributed by atoms with Crippen molar-refractivity contribution in [3.8, 4) is 0 Å². The van der Waals surface area contributed by atoms with E-state index in [-0.39, 0.29) is 0 Å².